The topological polar surface area (TPSA) is 56.8 Å². The third-order valence-corrected chi connectivity index (χ3v) is 5.16. The van der Waals surface area contributed by atoms with Crippen LogP contribution in [0.25, 0.3) is 0 Å². The van der Waals surface area contributed by atoms with Crippen LogP contribution in [0.5, 0.6) is 0 Å². The molecule has 2 aliphatic rings. The average Bonchev–Trinajstić information content (AvgIpc) is 3.20. The predicted molar refractivity (Wildman–Crippen MR) is 98.4 cm³/mol. The lowest BCUT2D eigenvalue weighted by Gasteiger charge is -2.37. The van der Waals surface area contributed by atoms with Crippen molar-refractivity contribution in [2.45, 2.75) is 32.5 Å². The van der Waals surface area contributed by atoms with E-state index in [0.29, 0.717) is 25.8 Å². The SMILES string of the molecule is CCOCc1ccccc1CNC(=O)N1CCN(C2CCNC2)CC1. The van der Waals surface area contributed by atoms with Crippen LogP contribution in [-0.4, -0.2) is 67.7 Å². The van der Waals surface area contributed by atoms with Crippen molar-refractivity contribution in [3.05, 3.63) is 35.4 Å². The van der Waals surface area contributed by atoms with Gasteiger partial charge in [-0.15, -0.1) is 0 Å². The van der Waals surface area contributed by atoms with E-state index in [9.17, 15) is 4.79 Å². The Bertz CT molecular complexity index is 552. The van der Waals surface area contributed by atoms with Gasteiger partial charge in [0.2, 0.25) is 0 Å². The number of ether oxygens (including phenoxy) is 1. The number of carbonyl (C=O) groups is 1. The summed E-state index contributed by atoms with van der Waals surface area (Å²) in [7, 11) is 0. The maximum atomic E-state index is 12.5. The number of carbonyl (C=O) groups excluding carboxylic acids is 1. The number of urea groups is 1. The van der Waals surface area contributed by atoms with Crippen LogP contribution < -0.4 is 10.6 Å². The van der Waals surface area contributed by atoms with Crippen LogP contribution in [-0.2, 0) is 17.9 Å². The Hall–Kier alpha value is -1.63. The lowest BCUT2D eigenvalue weighted by Crippen LogP contribution is -2.54. The van der Waals surface area contributed by atoms with Crippen LogP contribution in [0.3, 0.4) is 0 Å². The summed E-state index contributed by atoms with van der Waals surface area (Å²) in [6.07, 6.45) is 1.23. The van der Waals surface area contributed by atoms with Crippen LogP contribution in [0.4, 0.5) is 4.79 Å². The standard InChI is InChI=1S/C19H30N4O2/c1-2-25-15-17-6-4-3-5-16(17)13-21-19(24)23-11-9-22(10-12-23)18-7-8-20-14-18/h3-6,18,20H,2,7-15H2,1H3,(H,21,24). The molecule has 1 aromatic rings. The minimum Gasteiger partial charge on any atom is -0.377 e. The summed E-state index contributed by atoms with van der Waals surface area (Å²) in [5, 5.41) is 6.49. The Balaban J connectivity index is 1.45. The monoisotopic (exact) mass is 346 g/mol. The van der Waals surface area contributed by atoms with E-state index in [-0.39, 0.29) is 6.03 Å². The van der Waals surface area contributed by atoms with Gasteiger partial charge in [-0.2, -0.15) is 0 Å². The number of nitrogens with one attached hydrogen (secondary N) is 2. The van der Waals surface area contributed by atoms with E-state index >= 15 is 0 Å². The molecule has 2 aliphatic heterocycles. The van der Waals surface area contributed by atoms with Crippen molar-refractivity contribution in [1.29, 1.82) is 0 Å². The van der Waals surface area contributed by atoms with Crippen LogP contribution in [0.1, 0.15) is 24.5 Å². The molecule has 0 aromatic heterocycles. The molecule has 0 bridgehead atoms. The Kier molecular flexibility index (Phi) is 6.67. The molecule has 138 valence electrons. The molecule has 1 aromatic carbocycles. The van der Waals surface area contributed by atoms with Crippen LogP contribution >= 0.6 is 0 Å². The van der Waals surface area contributed by atoms with E-state index in [1.54, 1.807) is 0 Å². The van der Waals surface area contributed by atoms with Gasteiger partial charge in [-0.05, 0) is 31.0 Å². The number of nitrogens with zero attached hydrogens (tertiary/aromatic N) is 2. The summed E-state index contributed by atoms with van der Waals surface area (Å²) >= 11 is 0. The average molecular weight is 346 g/mol. The van der Waals surface area contributed by atoms with E-state index in [1.807, 2.05) is 24.0 Å². The van der Waals surface area contributed by atoms with Gasteiger partial charge in [0.1, 0.15) is 0 Å². The molecule has 0 aliphatic carbocycles. The van der Waals surface area contributed by atoms with E-state index < -0.39 is 0 Å². The van der Waals surface area contributed by atoms with Gasteiger partial charge in [0, 0.05) is 51.9 Å². The molecule has 6 heteroatoms. The zero-order valence-corrected chi connectivity index (χ0v) is 15.2. The van der Waals surface area contributed by atoms with Gasteiger partial charge >= 0.3 is 6.03 Å². The molecule has 1 unspecified atom stereocenters. The third-order valence-electron chi connectivity index (χ3n) is 5.16. The number of hydrogen-bond acceptors (Lipinski definition) is 4. The normalized spacial score (nSPS) is 21.5. The van der Waals surface area contributed by atoms with Crippen LogP contribution in [0.2, 0.25) is 0 Å². The Morgan fingerprint density at radius 1 is 1.24 bits per heavy atom. The Morgan fingerprint density at radius 2 is 2.00 bits per heavy atom. The minimum absolute atomic E-state index is 0.0374. The van der Waals surface area contributed by atoms with Crippen molar-refractivity contribution in [3.8, 4) is 0 Å². The fraction of sp³-hybridized carbons (Fsp3) is 0.632. The second kappa shape index (κ2) is 9.17. The van der Waals surface area contributed by atoms with Gasteiger partial charge < -0.3 is 20.3 Å². The fourth-order valence-electron chi connectivity index (χ4n) is 3.61. The van der Waals surface area contributed by atoms with E-state index in [0.717, 1.165) is 50.4 Å². The highest BCUT2D eigenvalue weighted by molar-refractivity contribution is 5.74. The van der Waals surface area contributed by atoms with Gasteiger partial charge in [0.05, 0.1) is 6.61 Å². The first-order chi connectivity index (χ1) is 12.3. The van der Waals surface area contributed by atoms with Gasteiger partial charge in [-0.3, -0.25) is 4.90 Å². The number of rotatable bonds is 6. The van der Waals surface area contributed by atoms with Gasteiger partial charge in [0.25, 0.3) is 0 Å². The molecule has 0 spiro atoms. The first kappa shape index (κ1) is 18.2. The predicted octanol–water partition coefficient (Wildman–Crippen LogP) is 1.41. The van der Waals surface area contributed by atoms with Crippen LogP contribution in [0.15, 0.2) is 24.3 Å². The zero-order valence-electron chi connectivity index (χ0n) is 15.2. The smallest absolute Gasteiger partial charge is 0.317 e. The summed E-state index contributed by atoms with van der Waals surface area (Å²) in [6, 6.07) is 8.82. The second-order valence-electron chi connectivity index (χ2n) is 6.73. The molecule has 2 heterocycles. The van der Waals surface area contributed by atoms with Crippen molar-refractivity contribution in [3.63, 3.8) is 0 Å². The lowest BCUT2D eigenvalue weighted by molar-refractivity contribution is 0.113. The summed E-state index contributed by atoms with van der Waals surface area (Å²) in [5.41, 5.74) is 2.27. The summed E-state index contributed by atoms with van der Waals surface area (Å²) < 4.78 is 5.51. The quantitative estimate of drug-likeness (QED) is 0.818. The molecule has 2 fully saturated rings. The summed E-state index contributed by atoms with van der Waals surface area (Å²) in [6.45, 7) is 9.60. The molecule has 0 saturated carbocycles. The van der Waals surface area contributed by atoms with Gasteiger partial charge in [-0.1, -0.05) is 24.3 Å². The molecule has 3 rings (SSSR count). The number of hydrogen-bond donors (Lipinski definition) is 2. The van der Waals surface area contributed by atoms with E-state index in [4.69, 9.17) is 4.74 Å². The van der Waals surface area contributed by atoms with Crippen molar-refractivity contribution in [1.82, 2.24) is 20.4 Å². The zero-order chi connectivity index (χ0) is 17.5. The summed E-state index contributed by atoms with van der Waals surface area (Å²) in [4.78, 5) is 16.9. The maximum Gasteiger partial charge on any atom is 0.317 e. The molecule has 0 radical (unpaired) electrons. The van der Waals surface area contributed by atoms with Gasteiger partial charge in [-0.25, -0.2) is 4.79 Å². The van der Waals surface area contributed by atoms with E-state index in [1.165, 1.54) is 6.42 Å². The second-order valence-corrected chi connectivity index (χ2v) is 6.73. The largest absolute Gasteiger partial charge is 0.377 e. The molecule has 2 amide bonds. The van der Waals surface area contributed by atoms with Crippen molar-refractivity contribution >= 4 is 6.03 Å². The molecule has 2 saturated heterocycles. The molecular formula is C19H30N4O2. The first-order valence-corrected chi connectivity index (χ1v) is 9.40. The number of amides is 2. The van der Waals surface area contributed by atoms with Crippen LogP contribution in [0, 0.1) is 0 Å². The molecule has 1 atom stereocenters. The molecule has 25 heavy (non-hydrogen) atoms. The maximum absolute atomic E-state index is 12.5. The third kappa shape index (κ3) is 4.93. The first-order valence-electron chi connectivity index (χ1n) is 9.40. The number of piperazine rings is 1. The van der Waals surface area contributed by atoms with Crippen molar-refractivity contribution in [2.75, 3.05) is 45.9 Å². The van der Waals surface area contributed by atoms with Gasteiger partial charge in [0.15, 0.2) is 0 Å². The Labute approximate surface area is 150 Å². The van der Waals surface area contributed by atoms with Crippen molar-refractivity contribution < 1.29 is 9.53 Å². The van der Waals surface area contributed by atoms with Crippen molar-refractivity contribution in [2.24, 2.45) is 0 Å². The molecule has 2 N–H and O–H groups in total. The minimum atomic E-state index is 0.0374. The number of benzene rings is 1. The lowest BCUT2D eigenvalue weighted by atomic mass is 10.1. The Morgan fingerprint density at radius 3 is 2.68 bits per heavy atom. The molecular weight excluding hydrogens is 316 g/mol. The highest BCUT2D eigenvalue weighted by Gasteiger charge is 2.27. The molecule has 6 nitrogen and oxygen atoms in total. The van der Waals surface area contributed by atoms with E-state index in [2.05, 4.69) is 27.7 Å². The fourth-order valence-corrected chi connectivity index (χ4v) is 3.61. The highest BCUT2D eigenvalue weighted by atomic mass is 16.5. The highest BCUT2D eigenvalue weighted by Crippen LogP contribution is 2.13. The summed E-state index contributed by atoms with van der Waals surface area (Å²) in [5.74, 6) is 0.